The molecule has 2 aromatic carbocycles. The second-order valence-corrected chi connectivity index (χ2v) is 8.59. The highest BCUT2D eigenvalue weighted by atomic mass is 16.2. The van der Waals surface area contributed by atoms with Crippen LogP contribution >= 0.6 is 0 Å². The average molecular weight is 440 g/mol. The molecule has 1 saturated heterocycles. The zero-order valence-electron chi connectivity index (χ0n) is 18.7. The van der Waals surface area contributed by atoms with Gasteiger partial charge in [0.15, 0.2) is 0 Å². The van der Waals surface area contributed by atoms with Gasteiger partial charge >= 0.3 is 0 Å². The van der Waals surface area contributed by atoms with Gasteiger partial charge in [0.05, 0.1) is 11.0 Å². The number of nitrogens with one attached hydrogen (secondary N) is 1. The van der Waals surface area contributed by atoms with E-state index in [2.05, 4.69) is 53.3 Å². The van der Waals surface area contributed by atoms with Crippen molar-refractivity contribution < 1.29 is 9.59 Å². The van der Waals surface area contributed by atoms with Crippen molar-refractivity contribution in [1.82, 2.24) is 15.2 Å². The van der Waals surface area contributed by atoms with Crippen LogP contribution in [0.3, 0.4) is 0 Å². The minimum absolute atomic E-state index is 0.0294. The number of carbonyl (C=O) groups excluding carboxylic acids is 2. The monoisotopic (exact) mass is 439 g/mol. The van der Waals surface area contributed by atoms with E-state index in [0.717, 1.165) is 29.5 Å². The molecule has 0 aliphatic carbocycles. The first-order valence-corrected chi connectivity index (χ1v) is 11.3. The molecule has 0 bridgehead atoms. The summed E-state index contributed by atoms with van der Waals surface area (Å²) < 4.78 is 0. The first kappa shape index (κ1) is 22.5. The van der Waals surface area contributed by atoms with Gasteiger partial charge in [0.1, 0.15) is 0 Å². The van der Waals surface area contributed by atoms with Crippen LogP contribution < -0.4 is 5.32 Å². The van der Waals surface area contributed by atoms with Gasteiger partial charge in [0.25, 0.3) is 5.91 Å². The molecule has 0 unspecified atom stereocenters. The van der Waals surface area contributed by atoms with Crippen molar-refractivity contribution in [3.8, 4) is 11.1 Å². The highest BCUT2D eigenvalue weighted by Crippen LogP contribution is 2.35. The van der Waals surface area contributed by atoms with E-state index in [9.17, 15) is 9.59 Å². The maximum Gasteiger partial charge on any atom is 0.255 e. The predicted molar refractivity (Wildman–Crippen MR) is 131 cm³/mol. The fourth-order valence-corrected chi connectivity index (χ4v) is 4.58. The quantitative estimate of drug-likeness (QED) is 0.551. The van der Waals surface area contributed by atoms with Gasteiger partial charge in [-0.2, -0.15) is 0 Å². The van der Waals surface area contributed by atoms with Gasteiger partial charge in [-0.05, 0) is 48.1 Å². The molecule has 1 fully saturated rings. The number of hydrogen-bond acceptors (Lipinski definition) is 3. The molecule has 0 spiro atoms. The minimum Gasteiger partial charge on any atom is -0.352 e. The molecule has 0 radical (unpaired) electrons. The number of benzene rings is 2. The molecule has 5 nitrogen and oxygen atoms in total. The van der Waals surface area contributed by atoms with E-state index in [4.69, 9.17) is 0 Å². The number of rotatable bonds is 7. The summed E-state index contributed by atoms with van der Waals surface area (Å²) >= 11 is 0. The molecule has 3 aromatic rings. The van der Waals surface area contributed by atoms with Crippen molar-refractivity contribution in [2.75, 3.05) is 19.6 Å². The first-order valence-electron chi connectivity index (χ1n) is 11.3. The zero-order chi connectivity index (χ0) is 23.1. The van der Waals surface area contributed by atoms with Crippen LogP contribution in [0.4, 0.5) is 0 Å². The Balaban J connectivity index is 1.58. The third-order valence-electron chi connectivity index (χ3n) is 6.26. The Bertz CT molecular complexity index is 1100. The second kappa shape index (κ2) is 10.3. The normalized spacial score (nSPS) is 17.9. The number of hydrogen-bond donors (Lipinski definition) is 1. The molecule has 1 atom stereocenters. The van der Waals surface area contributed by atoms with E-state index in [1.165, 1.54) is 0 Å². The number of piperidine rings is 1. The Morgan fingerprint density at radius 2 is 1.79 bits per heavy atom. The third kappa shape index (κ3) is 5.20. The topological polar surface area (TPSA) is 62.3 Å². The van der Waals surface area contributed by atoms with Gasteiger partial charge in [-0.3, -0.25) is 14.6 Å². The number of aromatic nitrogens is 1. The van der Waals surface area contributed by atoms with E-state index < -0.39 is 5.41 Å². The third-order valence-corrected chi connectivity index (χ3v) is 6.26. The van der Waals surface area contributed by atoms with E-state index in [1.807, 2.05) is 18.2 Å². The first-order chi connectivity index (χ1) is 16.1. The molecule has 1 aliphatic rings. The van der Waals surface area contributed by atoms with Crippen LogP contribution in [-0.4, -0.2) is 41.3 Å². The van der Waals surface area contributed by atoms with Crippen molar-refractivity contribution in [3.63, 3.8) is 0 Å². The van der Waals surface area contributed by atoms with Crippen molar-refractivity contribution >= 4 is 11.8 Å². The SMILES string of the molecule is C=CCNC(=O)[C@]1(Cc2ccc(-c3ccccc3)cc2)CCCN(C(=O)c2cccnc2)C1. The summed E-state index contributed by atoms with van der Waals surface area (Å²) in [5, 5.41) is 2.99. The Labute approximate surface area is 195 Å². The smallest absolute Gasteiger partial charge is 0.255 e. The second-order valence-electron chi connectivity index (χ2n) is 8.59. The van der Waals surface area contributed by atoms with Crippen LogP contribution in [-0.2, 0) is 11.2 Å². The average Bonchev–Trinajstić information content (AvgIpc) is 2.88. The summed E-state index contributed by atoms with van der Waals surface area (Å²) in [5.41, 5.74) is 3.24. The molecule has 33 heavy (non-hydrogen) atoms. The van der Waals surface area contributed by atoms with E-state index >= 15 is 0 Å². The number of likely N-dealkylation sites (tertiary alicyclic amines) is 1. The van der Waals surface area contributed by atoms with Gasteiger partial charge in [-0.15, -0.1) is 6.58 Å². The molecule has 1 N–H and O–H groups in total. The molecule has 5 heteroatoms. The fourth-order valence-electron chi connectivity index (χ4n) is 4.58. The summed E-state index contributed by atoms with van der Waals surface area (Å²) in [6.07, 6.45) is 6.99. The number of nitrogens with zero attached hydrogens (tertiary/aromatic N) is 2. The zero-order valence-corrected chi connectivity index (χ0v) is 18.7. The molecule has 0 saturated carbocycles. The van der Waals surface area contributed by atoms with Gasteiger partial charge in [-0.25, -0.2) is 0 Å². The lowest BCUT2D eigenvalue weighted by Gasteiger charge is -2.42. The van der Waals surface area contributed by atoms with Crippen molar-refractivity contribution in [1.29, 1.82) is 0 Å². The lowest BCUT2D eigenvalue weighted by atomic mass is 9.74. The van der Waals surface area contributed by atoms with E-state index in [1.54, 1.807) is 35.5 Å². The van der Waals surface area contributed by atoms with Crippen LogP contribution in [0.5, 0.6) is 0 Å². The largest absolute Gasteiger partial charge is 0.352 e. The Morgan fingerprint density at radius 1 is 1.03 bits per heavy atom. The maximum atomic E-state index is 13.4. The fraction of sp³-hybridized carbons (Fsp3) is 0.250. The molecule has 1 aromatic heterocycles. The highest BCUT2D eigenvalue weighted by Gasteiger charge is 2.43. The molecule has 168 valence electrons. The van der Waals surface area contributed by atoms with E-state index in [0.29, 0.717) is 31.6 Å². The molecule has 4 rings (SSSR count). The molecule has 2 amide bonds. The molecule has 2 heterocycles. The summed E-state index contributed by atoms with van der Waals surface area (Å²) in [6, 6.07) is 22.1. The van der Waals surface area contributed by atoms with Crippen molar-refractivity contribution in [3.05, 3.63) is 103 Å². The number of pyridine rings is 1. The number of amides is 2. The van der Waals surface area contributed by atoms with Gasteiger partial charge in [-0.1, -0.05) is 60.7 Å². The van der Waals surface area contributed by atoms with Gasteiger partial charge in [0, 0.05) is 32.0 Å². The Hall–Kier alpha value is -3.73. The molecule has 1 aliphatic heterocycles. The summed E-state index contributed by atoms with van der Waals surface area (Å²) in [6.45, 7) is 5.14. The number of carbonyl (C=O) groups is 2. The Kier molecular flexibility index (Phi) is 6.98. The maximum absolute atomic E-state index is 13.4. The molecular weight excluding hydrogens is 410 g/mol. The van der Waals surface area contributed by atoms with Crippen LogP contribution in [0.2, 0.25) is 0 Å². The van der Waals surface area contributed by atoms with E-state index in [-0.39, 0.29) is 11.8 Å². The Morgan fingerprint density at radius 3 is 2.48 bits per heavy atom. The standard InChI is InChI=1S/C28H29N3O2/c1-2-16-30-27(33)28(15-7-18-31(21-28)26(32)25-10-6-17-29-20-25)19-22-11-13-24(14-12-22)23-8-4-3-5-9-23/h2-6,8-14,17,20H,1,7,15-16,18-19,21H2,(H,30,33)/t28-/m0/s1. The van der Waals surface area contributed by atoms with Crippen LogP contribution in [0.15, 0.2) is 91.8 Å². The summed E-state index contributed by atoms with van der Waals surface area (Å²) in [4.78, 5) is 32.4. The van der Waals surface area contributed by atoms with Crippen LogP contribution in [0.25, 0.3) is 11.1 Å². The van der Waals surface area contributed by atoms with Crippen molar-refractivity contribution in [2.24, 2.45) is 5.41 Å². The predicted octanol–water partition coefficient (Wildman–Crippen LogP) is 4.52. The summed E-state index contributed by atoms with van der Waals surface area (Å²) in [5.74, 6) is -0.110. The van der Waals surface area contributed by atoms with Gasteiger partial charge < -0.3 is 10.2 Å². The lowest BCUT2D eigenvalue weighted by Crippen LogP contribution is -2.54. The summed E-state index contributed by atoms with van der Waals surface area (Å²) in [7, 11) is 0. The lowest BCUT2D eigenvalue weighted by molar-refractivity contribution is -0.133. The molecular formula is C28H29N3O2. The highest BCUT2D eigenvalue weighted by molar-refractivity contribution is 5.94. The van der Waals surface area contributed by atoms with Crippen LogP contribution in [0, 0.1) is 5.41 Å². The van der Waals surface area contributed by atoms with Crippen LogP contribution in [0.1, 0.15) is 28.8 Å². The van der Waals surface area contributed by atoms with Gasteiger partial charge in [0.2, 0.25) is 5.91 Å². The minimum atomic E-state index is -0.687. The van der Waals surface area contributed by atoms with Crippen molar-refractivity contribution in [2.45, 2.75) is 19.3 Å².